The van der Waals surface area contributed by atoms with Crippen LogP contribution in [0.5, 0.6) is 0 Å². The van der Waals surface area contributed by atoms with Crippen LogP contribution < -0.4 is 16.4 Å². The average molecular weight is 552 g/mol. The Labute approximate surface area is 232 Å². The molecule has 1 fully saturated rings. The van der Waals surface area contributed by atoms with Gasteiger partial charge in [-0.05, 0) is 30.4 Å². The third-order valence-electron chi connectivity index (χ3n) is 7.66. The molecule has 0 radical (unpaired) electrons. The Morgan fingerprint density at radius 1 is 1.18 bits per heavy atom. The van der Waals surface area contributed by atoms with E-state index in [4.69, 9.17) is 5.73 Å². The molecule has 12 nitrogen and oxygen atoms in total. The number of para-hydroxylation sites is 1. The van der Waals surface area contributed by atoms with Gasteiger partial charge >= 0.3 is 5.97 Å². The quantitative estimate of drug-likeness (QED) is 0.194. The smallest absolute Gasteiger partial charge is 0.326 e. The van der Waals surface area contributed by atoms with E-state index in [1.807, 2.05) is 31.2 Å². The van der Waals surface area contributed by atoms with Gasteiger partial charge in [-0.1, -0.05) is 38.5 Å². The number of fused-ring (bicyclic) bond motifs is 1. The lowest BCUT2D eigenvalue weighted by atomic mass is 9.98. The Kier molecular flexibility index (Phi) is 9.20. The molecule has 3 amide bonds. The van der Waals surface area contributed by atoms with Gasteiger partial charge in [-0.3, -0.25) is 14.4 Å². The Balaban J connectivity index is 1.55. The molecule has 4 rings (SSSR count). The first kappa shape index (κ1) is 28.8. The molecule has 1 aromatic carbocycles. The molecule has 1 aliphatic heterocycles. The zero-order chi connectivity index (χ0) is 28.8. The van der Waals surface area contributed by atoms with Crippen molar-refractivity contribution in [3.63, 3.8) is 0 Å². The fourth-order valence-electron chi connectivity index (χ4n) is 5.16. The van der Waals surface area contributed by atoms with Gasteiger partial charge in [-0.15, -0.1) is 0 Å². The van der Waals surface area contributed by atoms with Crippen LogP contribution in [0, 0.1) is 5.92 Å². The summed E-state index contributed by atoms with van der Waals surface area (Å²) in [6, 6.07) is 3.84. The van der Waals surface area contributed by atoms with Crippen molar-refractivity contribution in [2.24, 2.45) is 11.7 Å². The van der Waals surface area contributed by atoms with Gasteiger partial charge in [0.1, 0.15) is 18.1 Å². The Morgan fingerprint density at radius 2 is 1.95 bits per heavy atom. The molecule has 0 aliphatic carbocycles. The highest BCUT2D eigenvalue weighted by molar-refractivity contribution is 5.95. The number of hydrogen-bond acceptors (Lipinski definition) is 6. The van der Waals surface area contributed by atoms with E-state index < -0.39 is 47.9 Å². The summed E-state index contributed by atoms with van der Waals surface area (Å²) in [5, 5.41) is 16.0. The molecule has 1 saturated heterocycles. The van der Waals surface area contributed by atoms with Crippen LogP contribution >= 0.6 is 0 Å². The van der Waals surface area contributed by atoms with Crippen molar-refractivity contribution in [3.05, 3.63) is 54.2 Å². The van der Waals surface area contributed by atoms with E-state index in [0.717, 1.165) is 16.5 Å². The number of benzene rings is 1. The molecule has 3 heterocycles. The van der Waals surface area contributed by atoms with Gasteiger partial charge in [-0.2, -0.15) is 0 Å². The summed E-state index contributed by atoms with van der Waals surface area (Å²) in [6.07, 6.45) is 6.83. The van der Waals surface area contributed by atoms with E-state index >= 15 is 0 Å². The minimum absolute atomic E-state index is 0.181. The van der Waals surface area contributed by atoms with E-state index in [1.54, 1.807) is 19.3 Å². The number of H-pyrrole nitrogens is 2. The van der Waals surface area contributed by atoms with Crippen molar-refractivity contribution in [2.75, 3.05) is 6.54 Å². The molecule has 7 N–H and O–H groups in total. The summed E-state index contributed by atoms with van der Waals surface area (Å²) >= 11 is 0. The lowest BCUT2D eigenvalue weighted by molar-refractivity contribution is -0.146. The normalized spacial score (nSPS) is 18.2. The number of likely N-dealkylation sites (tertiary alicyclic amines) is 1. The molecule has 5 unspecified atom stereocenters. The number of rotatable bonds is 12. The Hall–Kier alpha value is -4.19. The number of hydrogen-bond donors (Lipinski definition) is 6. The predicted molar refractivity (Wildman–Crippen MR) is 148 cm³/mol. The second-order valence-corrected chi connectivity index (χ2v) is 10.4. The number of nitrogens with two attached hydrogens (primary N) is 1. The Bertz CT molecular complexity index is 1340. The first-order chi connectivity index (χ1) is 19.2. The number of carbonyl (C=O) groups is 4. The van der Waals surface area contributed by atoms with Crippen molar-refractivity contribution in [2.45, 2.75) is 70.1 Å². The van der Waals surface area contributed by atoms with Crippen molar-refractivity contribution < 1.29 is 24.3 Å². The van der Waals surface area contributed by atoms with Crippen molar-refractivity contribution in [3.8, 4) is 0 Å². The van der Waals surface area contributed by atoms with Crippen LogP contribution in [0.25, 0.3) is 10.9 Å². The van der Waals surface area contributed by atoms with Crippen LogP contribution in [0.3, 0.4) is 0 Å². The first-order valence-corrected chi connectivity index (χ1v) is 13.6. The fraction of sp³-hybridized carbons (Fsp3) is 0.464. The van der Waals surface area contributed by atoms with Gasteiger partial charge in [0, 0.05) is 48.4 Å². The highest BCUT2D eigenvalue weighted by Crippen LogP contribution is 2.23. The number of aliphatic carboxylic acids is 1. The van der Waals surface area contributed by atoms with Gasteiger partial charge < -0.3 is 36.3 Å². The van der Waals surface area contributed by atoms with E-state index in [9.17, 15) is 24.3 Å². The highest BCUT2D eigenvalue weighted by Gasteiger charge is 2.40. The molecule has 3 aromatic rings. The van der Waals surface area contributed by atoms with Crippen molar-refractivity contribution in [1.29, 1.82) is 0 Å². The maximum atomic E-state index is 14.0. The molecular formula is C28H37N7O5. The summed E-state index contributed by atoms with van der Waals surface area (Å²) in [6.45, 7) is 3.93. The van der Waals surface area contributed by atoms with Gasteiger partial charge in [0.2, 0.25) is 17.7 Å². The number of aromatic amines is 2. The molecule has 1 aliphatic rings. The van der Waals surface area contributed by atoms with Crippen molar-refractivity contribution >= 4 is 34.6 Å². The van der Waals surface area contributed by atoms with Crippen LogP contribution in [0.2, 0.25) is 0 Å². The summed E-state index contributed by atoms with van der Waals surface area (Å²) in [7, 11) is 0. The summed E-state index contributed by atoms with van der Waals surface area (Å²) in [4.78, 5) is 63.6. The lowest BCUT2D eigenvalue weighted by Gasteiger charge is -2.30. The molecule has 214 valence electrons. The van der Waals surface area contributed by atoms with Gasteiger partial charge in [0.15, 0.2) is 0 Å². The molecule has 0 spiro atoms. The molecule has 5 atom stereocenters. The summed E-state index contributed by atoms with van der Waals surface area (Å²) < 4.78 is 0. The van der Waals surface area contributed by atoms with E-state index in [2.05, 4.69) is 25.6 Å². The SMILES string of the molecule is CCC(C)C(NC(=O)C1CCCN1C(=O)C(Cc1c[nH]c2ccccc12)NC(=O)C(N)Cc1cnc[nH]1)C(=O)O. The highest BCUT2D eigenvalue weighted by atomic mass is 16.4. The number of imidazole rings is 1. The van der Waals surface area contributed by atoms with Gasteiger partial charge in [-0.25, -0.2) is 9.78 Å². The zero-order valence-electron chi connectivity index (χ0n) is 22.7. The minimum Gasteiger partial charge on any atom is -0.480 e. The number of carbonyl (C=O) groups excluding carboxylic acids is 3. The lowest BCUT2D eigenvalue weighted by Crippen LogP contribution is -2.58. The monoisotopic (exact) mass is 551 g/mol. The van der Waals surface area contributed by atoms with Crippen LogP contribution in [0.15, 0.2) is 43.0 Å². The van der Waals surface area contributed by atoms with Crippen LogP contribution in [-0.4, -0.2) is 79.4 Å². The molecule has 2 aromatic heterocycles. The summed E-state index contributed by atoms with van der Waals surface area (Å²) in [5.74, 6) is -2.82. The molecular weight excluding hydrogens is 514 g/mol. The largest absolute Gasteiger partial charge is 0.480 e. The van der Waals surface area contributed by atoms with Gasteiger partial charge in [0.05, 0.1) is 12.4 Å². The topological polar surface area (TPSA) is 186 Å². The Morgan fingerprint density at radius 3 is 2.65 bits per heavy atom. The second-order valence-electron chi connectivity index (χ2n) is 10.4. The number of nitrogens with one attached hydrogen (secondary N) is 4. The first-order valence-electron chi connectivity index (χ1n) is 13.6. The van der Waals surface area contributed by atoms with Crippen molar-refractivity contribution in [1.82, 2.24) is 30.5 Å². The number of amides is 3. The van der Waals surface area contributed by atoms with E-state index in [-0.39, 0.29) is 18.8 Å². The third-order valence-corrected chi connectivity index (χ3v) is 7.66. The average Bonchev–Trinajstić information content (AvgIpc) is 3.72. The van der Waals surface area contributed by atoms with Crippen LogP contribution in [0.1, 0.15) is 44.4 Å². The maximum Gasteiger partial charge on any atom is 0.326 e. The number of carboxylic acids is 1. The van der Waals surface area contributed by atoms with E-state index in [1.165, 1.54) is 11.2 Å². The zero-order valence-corrected chi connectivity index (χ0v) is 22.7. The summed E-state index contributed by atoms with van der Waals surface area (Å²) in [5.41, 5.74) is 8.58. The van der Waals surface area contributed by atoms with Crippen LogP contribution in [-0.2, 0) is 32.0 Å². The predicted octanol–water partition coefficient (Wildman–Crippen LogP) is 1.09. The number of carboxylic acid groups (broad SMARTS) is 1. The molecule has 12 heteroatoms. The third kappa shape index (κ3) is 6.50. The molecule has 0 bridgehead atoms. The van der Waals surface area contributed by atoms with Gasteiger partial charge in [0.25, 0.3) is 0 Å². The van der Waals surface area contributed by atoms with Crippen LogP contribution in [0.4, 0.5) is 0 Å². The molecule has 0 saturated carbocycles. The fourth-order valence-corrected chi connectivity index (χ4v) is 5.16. The second kappa shape index (κ2) is 12.8. The number of nitrogens with zero attached hydrogens (tertiary/aromatic N) is 2. The maximum absolute atomic E-state index is 14.0. The minimum atomic E-state index is -1.12. The molecule has 40 heavy (non-hydrogen) atoms. The number of aromatic nitrogens is 3. The van der Waals surface area contributed by atoms with E-state index in [0.29, 0.717) is 31.5 Å². The standard InChI is InChI=1S/C28H37N7O5/c1-3-16(2)24(28(39)40)34-26(37)23-9-6-10-35(23)27(38)22(11-17-13-31-21-8-5-4-7-19(17)21)33-25(36)20(29)12-18-14-30-15-32-18/h4-5,7-8,13-16,20,22-24,31H,3,6,9-12,29H2,1-2H3,(H,30,32)(H,33,36)(H,34,37)(H,39,40).